The van der Waals surface area contributed by atoms with E-state index in [0.717, 1.165) is 18.4 Å². The number of nitrogens with zero attached hydrogens (tertiary/aromatic N) is 4. The summed E-state index contributed by atoms with van der Waals surface area (Å²) in [4.78, 5) is 24.8. The summed E-state index contributed by atoms with van der Waals surface area (Å²) in [6.07, 6.45) is 5.54. The molecule has 1 atom stereocenters. The van der Waals surface area contributed by atoms with Gasteiger partial charge >= 0.3 is 6.03 Å². The van der Waals surface area contributed by atoms with E-state index in [4.69, 9.17) is 0 Å². The molecule has 2 amide bonds. The summed E-state index contributed by atoms with van der Waals surface area (Å²) in [6, 6.07) is 4.39. The zero-order valence-electron chi connectivity index (χ0n) is 13.6. The number of carbonyl (C=O) groups is 1. The number of benzene rings is 1. The molecule has 1 unspecified atom stereocenters. The lowest BCUT2D eigenvalue weighted by atomic mass is 10.1. The second-order valence-corrected chi connectivity index (χ2v) is 5.99. The summed E-state index contributed by atoms with van der Waals surface area (Å²) in [7, 11) is 1.85. The minimum absolute atomic E-state index is 0.0119. The van der Waals surface area contributed by atoms with E-state index in [1.54, 1.807) is 34.8 Å². The molecule has 0 saturated carbocycles. The molecule has 2 heterocycles. The van der Waals surface area contributed by atoms with E-state index >= 15 is 0 Å². The summed E-state index contributed by atoms with van der Waals surface area (Å²) >= 11 is 0. The van der Waals surface area contributed by atoms with Gasteiger partial charge in [-0.05, 0) is 31.9 Å². The fourth-order valence-electron chi connectivity index (χ4n) is 3.10. The molecule has 1 N–H and O–H groups in total. The van der Waals surface area contributed by atoms with Crippen molar-refractivity contribution in [2.24, 2.45) is 7.05 Å². The van der Waals surface area contributed by atoms with Crippen LogP contribution in [0.5, 0.6) is 0 Å². The highest BCUT2D eigenvalue weighted by atomic mass is 16.6. The Hall–Kier alpha value is -2.90. The van der Waals surface area contributed by atoms with Gasteiger partial charge in [-0.2, -0.15) is 5.10 Å². The van der Waals surface area contributed by atoms with E-state index in [1.807, 2.05) is 13.2 Å². The highest BCUT2D eigenvalue weighted by Gasteiger charge is 2.31. The first-order valence-electron chi connectivity index (χ1n) is 7.77. The Kier molecular flexibility index (Phi) is 4.20. The monoisotopic (exact) mass is 329 g/mol. The Morgan fingerprint density at radius 1 is 1.46 bits per heavy atom. The van der Waals surface area contributed by atoms with E-state index in [0.29, 0.717) is 17.8 Å². The first-order chi connectivity index (χ1) is 11.5. The average Bonchev–Trinajstić information content (AvgIpc) is 3.15. The third-order valence-corrected chi connectivity index (χ3v) is 4.27. The van der Waals surface area contributed by atoms with Gasteiger partial charge in [0.15, 0.2) is 0 Å². The summed E-state index contributed by atoms with van der Waals surface area (Å²) in [6.45, 7) is 2.33. The van der Waals surface area contributed by atoms with Crippen molar-refractivity contribution in [3.05, 3.63) is 51.8 Å². The topological polar surface area (TPSA) is 93.3 Å². The van der Waals surface area contributed by atoms with E-state index in [1.165, 1.54) is 6.07 Å². The molecule has 1 aliphatic heterocycles. The van der Waals surface area contributed by atoms with Crippen molar-refractivity contribution in [3.8, 4) is 0 Å². The Morgan fingerprint density at radius 2 is 2.25 bits per heavy atom. The molecule has 24 heavy (non-hydrogen) atoms. The number of amides is 2. The summed E-state index contributed by atoms with van der Waals surface area (Å²) in [5.74, 6) is 0. The predicted molar refractivity (Wildman–Crippen MR) is 88.7 cm³/mol. The normalized spacial score (nSPS) is 17.1. The Balaban J connectivity index is 1.74. The lowest BCUT2D eigenvalue weighted by molar-refractivity contribution is -0.385. The van der Waals surface area contributed by atoms with Gasteiger partial charge in [-0.3, -0.25) is 14.8 Å². The minimum Gasteiger partial charge on any atom is -0.317 e. The molecule has 8 nitrogen and oxygen atoms in total. The molecule has 126 valence electrons. The van der Waals surface area contributed by atoms with E-state index < -0.39 is 4.92 Å². The fraction of sp³-hybridized carbons (Fsp3) is 0.375. The maximum absolute atomic E-state index is 12.6. The van der Waals surface area contributed by atoms with Crippen LogP contribution >= 0.6 is 0 Å². The van der Waals surface area contributed by atoms with E-state index in [9.17, 15) is 14.9 Å². The zero-order valence-corrected chi connectivity index (χ0v) is 13.6. The standard InChI is InChI=1S/C16H19N5O3/c1-11-8-13(5-6-14(11)21(23)24)18-16(22)20-7-3-4-15(20)12-9-17-19(2)10-12/h5-6,8-10,15H,3-4,7H2,1-2H3,(H,18,22). The van der Waals surface area contributed by atoms with Crippen LogP contribution in [0.3, 0.4) is 0 Å². The van der Waals surface area contributed by atoms with Crippen molar-refractivity contribution < 1.29 is 9.72 Å². The van der Waals surface area contributed by atoms with Gasteiger partial charge < -0.3 is 10.2 Å². The molecular formula is C16H19N5O3. The number of aryl methyl sites for hydroxylation is 2. The third kappa shape index (κ3) is 3.08. The molecule has 0 aliphatic carbocycles. The van der Waals surface area contributed by atoms with Crippen LogP contribution in [0.2, 0.25) is 0 Å². The molecule has 1 aromatic heterocycles. The number of hydrogen-bond donors (Lipinski definition) is 1. The Bertz CT molecular complexity index is 786. The van der Waals surface area contributed by atoms with E-state index in [2.05, 4.69) is 10.4 Å². The Morgan fingerprint density at radius 3 is 2.88 bits per heavy atom. The van der Waals surface area contributed by atoms with Crippen LogP contribution in [0.4, 0.5) is 16.2 Å². The number of nitrogens with one attached hydrogen (secondary N) is 1. The van der Waals surface area contributed by atoms with Gasteiger partial charge in [0.25, 0.3) is 5.69 Å². The van der Waals surface area contributed by atoms with Crippen molar-refractivity contribution in [1.82, 2.24) is 14.7 Å². The molecular weight excluding hydrogens is 310 g/mol. The maximum Gasteiger partial charge on any atom is 0.322 e. The van der Waals surface area contributed by atoms with Gasteiger partial charge in [0.1, 0.15) is 0 Å². The molecule has 8 heteroatoms. The second-order valence-electron chi connectivity index (χ2n) is 5.99. The number of nitro groups is 1. The third-order valence-electron chi connectivity index (χ3n) is 4.27. The molecule has 2 aromatic rings. The van der Waals surface area contributed by atoms with Crippen LogP contribution in [0.15, 0.2) is 30.6 Å². The predicted octanol–water partition coefficient (Wildman–Crippen LogP) is 3.01. The first-order valence-corrected chi connectivity index (χ1v) is 7.77. The maximum atomic E-state index is 12.6. The number of likely N-dealkylation sites (tertiary alicyclic amines) is 1. The number of carbonyl (C=O) groups excluding carboxylic acids is 1. The van der Waals surface area contributed by atoms with Gasteiger partial charge in [0.2, 0.25) is 0 Å². The summed E-state index contributed by atoms with van der Waals surface area (Å²) in [5, 5.41) is 17.9. The highest BCUT2D eigenvalue weighted by Crippen LogP contribution is 2.32. The number of hydrogen-bond acceptors (Lipinski definition) is 4. The summed E-state index contributed by atoms with van der Waals surface area (Å²) in [5.41, 5.74) is 2.13. The van der Waals surface area contributed by atoms with E-state index in [-0.39, 0.29) is 17.8 Å². The highest BCUT2D eigenvalue weighted by molar-refractivity contribution is 5.90. The Labute approximate surface area is 139 Å². The quantitative estimate of drug-likeness (QED) is 0.692. The van der Waals surface area contributed by atoms with Gasteiger partial charge in [-0.15, -0.1) is 0 Å². The number of urea groups is 1. The SMILES string of the molecule is Cc1cc(NC(=O)N2CCCC2c2cnn(C)c2)ccc1[N+](=O)[O-]. The fourth-order valence-corrected chi connectivity index (χ4v) is 3.10. The molecule has 1 fully saturated rings. The molecule has 0 spiro atoms. The van der Waals surface area contributed by atoms with Crippen molar-refractivity contribution in [3.63, 3.8) is 0 Å². The van der Waals surface area contributed by atoms with Crippen LogP contribution in [-0.4, -0.2) is 32.2 Å². The summed E-state index contributed by atoms with van der Waals surface area (Å²) < 4.78 is 1.73. The van der Waals surface area contributed by atoms with Crippen LogP contribution in [0, 0.1) is 17.0 Å². The van der Waals surface area contributed by atoms with Crippen molar-refractivity contribution in [2.75, 3.05) is 11.9 Å². The number of rotatable bonds is 3. The van der Waals surface area contributed by atoms with Crippen molar-refractivity contribution in [1.29, 1.82) is 0 Å². The molecule has 3 rings (SSSR count). The van der Waals surface area contributed by atoms with Crippen LogP contribution in [0.1, 0.15) is 30.0 Å². The average molecular weight is 329 g/mol. The van der Waals surface area contributed by atoms with Crippen LogP contribution < -0.4 is 5.32 Å². The van der Waals surface area contributed by atoms with Gasteiger partial charge in [-0.1, -0.05) is 0 Å². The van der Waals surface area contributed by atoms with Crippen LogP contribution in [-0.2, 0) is 7.05 Å². The van der Waals surface area contributed by atoms with Crippen molar-refractivity contribution in [2.45, 2.75) is 25.8 Å². The minimum atomic E-state index is -0.431. The smallest absolute Gasteiger partial charge is 0.317 e. The number of nitro benzene ring substituents is 1. The van der Waals surface area contributed by atoms with Gasteiger partial charge in [-0.25, -0.2) is 4.79 Å². The molecule has 1 aliphatic rings. The lowest BCUT2D eigenvalue weighted by Crippen LogP contribution is -2.34. The lowest BCUT2D eigenvalue weighted by Gasteiger charge is -2.24. The molecule has 0 radical (unpaired) electrons. The zero-order chi connectivity index (χ0) is 17.3. The van der Waals surface area contributed by atoms with Gasteiger partial charge in [0.05, 0.1) is 17.2 Å². The largest absolute Gasteiger partial charge is 0.322 e. The second kappa shape index (κ2) is 6.31. The molecule has 1 saturated heterocycles. The molecule has 1 aromatic carbocycles. The van der Waals surface area contributed by atoms with Gasteiger partial charge in [0, 0.05) is 42.7 Å². The number of aromatic nitrogens is 2. The molecule has 0 bridgehead atoms. The van der Waals surface area contributed by atoms with Crippen LogP contribution in [0.25, 0.3) is 0 Å². The van der Waals surface area contributed by atoms with Crippen molar-refractivity contribution >= 4 is 17.4 Å². The first kappa shape index (κ1) is 16.0. The number of anilines is 1.